The van der Waals surface area contributed by atoms with E-state index >= 15 is 0 Å². The van der Waals surface area contributed by atoms with Gasteiger partial charge in [-0.15, -0.1) is 0 Å². The van der Waals surface area contributed by atoms with E-state index in [2.05, 4.69) is 40.0 Å². The van der Waals surface area contributed by atoms with Crippen molar-refractivity contribution in [2.45, 2.75) is 31.3 Å². The van der Waals surface area contributed by atoms with Gasteiger partial charge in [0.25, 0.3) is 0 Å². The minimum absolute atomic E-state index is 0.695. The fourth-order valence-corrected chi connectivity index (χ4v) is 3.59. The van der Waals surface area contributed by atoms with Crippen molar-refractivity contribution in [3.05, 3.63) is 24.3 Å². The van der Waals surface area contributed by atoms with E-state index in [1.165, 1.54) is 19.3 Å². The average Bonchev–Trinajstić information content (AvgIpc) is 2.91. The second kappa shape index (κ2) is 4.23. The SMILES string of the molecule is CN1C2CCC1CN(c1nc3ccccc3[nH]1)CC2. The Labute approximate surface area is 113 Å². The molecule has 2 fully saturated rings. The molecule has 2 atom stereocenters. The number of aromatic amines is 1. The standard InChI is InChI=1S/C15H20N4/c1-18-11-6-7-12(18)10-19(9-8-11)15-16-13-4-2-3-5-14(13)17-15/h2-5,11-12H,6-10H2,1H3,(H,16,17). The third kappa shape index (κ3) is 1.82. The topological polar surface area (TPSA) is 35.2 Å². The first-order valence-electron chi connectivity index (χ1n) is 7.23. The lowest BCUT2D eigenvalue weighted by Crippen LogP contribution is -2.37. The second-order valence-electron chi connectivity index (χ2n) is 5.86. The molecule has 2 saturated heterocycles. The summed E-state index contributed by atoms with van der Waals surface area (Å²) in [7, 11) is 2.28. The molecule has 1 N–H and O–H groups in total. The van der Waals surface area contributed by atoms with Gasteiger partial charge in [0.2, 0.25) is 5.95 Å². The van der Waals surface area contributed by atoms with E-state index in [4.69, 9.17) is 4.98 Å². The van der Waals surface area contributed by atoms with Crippen LogP contribution in [0.25, 0.3) is 11.0 Å². The van der Waals surface area contributed by atoms with Gasteiger partial charge >= 0.3 is 0 Å². The number of likely N-dealkylation sites (N-methyl/N-ethyl adjacent to an activating group) is 1. The van der Waals surface area contributed by atoms with Gasteiger partial charge in [0.1, 0.15) is 0 Å². The normalized spacial score (nSPS) is 27.9. The molecule has 1 aromatic carbocycles. The first-order valence-corrected chi connectivity index (χ1v) is 7.23. The maximum Gasteiger partial charge on any atom is 0.203 e. The zero-order valence-corrected chi connectivity index (χ0v) is 11.3. The highest BCUT2D eigenvalue weighted by Gasteiger charge is 2.35. The Hall–Kier alpha value is -1.55. The Balaban J connectivity index is 1.65. The number of aromatic nitrogens is 2. The van der Waals surface area contributed by atoms with Crippen LogP contribution in [0.5, 0.6) is 0 Å². The lowest BCUT2D eigenvalue weighted by molar-refractivity contribution is 0.254. The van der Waals surface area contributed by atoms with Crippen molar-refractivity contribution in [2.75, 3.05) is 25.0 Å². The molecule has 100 valence electrons. The molecular formula is C15H20N4. The molecule has 1 aromatic heterocycles. The molecule has 4 rings (SSSR count). The van der Waals surface area contributed by atoms with Gasteiger partial charge in [-0.05, 0) is 38.4 Å². The number of hydrogen-bond acceptors (Lipinski definition) is 3. The molecule has 0 amide bonds. The van der Waals surface area contributed by atoms with Crippen molar-refractivity contribution < 1.29 is 0 Å². The molecule has 2 aliphatic rings. The summed E-state index contributed by atoms with van der Waals surface area (Å²) in [6.45, 7) is 2.22. The molecule has 4 heteroatoms. The predicted molar refractivity (Wildman–Crippen MR) is 77.5 cm³/mol. The number of imidazole rings is 1. The Morgan fingerprint density at radius 1 is 1.16 bits per heavy atom. The smallest absolute Gasteiger partial charge is 0.203 e. The third-order valence-electron chi connectivity index (χ3n) is 4.82. The van der Waals surface area contributed by atoms with Gasteiger partial charge in [0.15, 0.2) is 0 Å². The lowest BCUT2D eigenvalue weighted by atomic mass is 10.1. The summed E-state index contributed by atoms with van der Waals surface area (Å²) in [6.07, 6.45) is 3.96. The van der Waals surface area contributed by atoms with Crippen LogP contribution in [0.1, 0.15) is 19.3 Å². The fourth-order valence-electron chi connectivity index (χ4n) is 3.59. The molecule has 0 saturated carbocycles. The zero-order chi connectivity index (χ0) is 12.8. The minimum atomic E-state index is 0.695. The summed E-state index contributed by atoms with van der Waals surface area (Å²) in [6, 6.07) is 9.75. The summed E-state index contributed by atoms with van der Waals surface area (Å²) in [5.74, 6) is 1.04. The van der Waals surface area contributed by atoms with Crippen molar-refractivity contribution in [1.82, 2.24) is 14.9 Å². The van der Waals surface area contributed by atoms with Crippen molar-refractivity contribution in [3.8, 4) is 0 Å². The number of para-hydroxylation sites is 2. The van der Waals surface area contributed by atoms with E-state index in [1.807, 2.05) is 6.07 Å². The molecule has 19 heavy (non-hydrogen) atoms. The van der Waals surface area contributed by atoms with Gasteiger partial charge in [-0.2, -0.15) is 0 Å². The van der Waals surface area contributed by atoms with Crippen LogP contribution in [-0.4, -0.2) is 47.1 Å². The largest absolute Gasteiger partial charge is 0.341 e. The third-order valence-corrected chi connectivity index (χ3v) is 4.82. The molecule has 2 aliphatic heterocycles. The molecule has 2 bridgehead atoms. The number of nitrogens with zero attached hydrogens (tertiary/aromatic N) is 3. The van der Waals surface area contributed by atoms with Crippen molar-refractivity contribution in [1.29, 1.82) is 0 Å². The number of fused-ring (bicyclic) bond motifs is 3. The second-order valence-corrected chi connectivity index (χ2v) is 5.86. The van der Waals surface area contributed by atoms with E-state index in [1.54, 1.807) is 0 Å². The summed E-state index contributed by atoms with van der Waals surface area (Å²) < 4.78 is 0. The molecule has 4 nitrogen and oxygen atoms in total. The molecule has 0 aliphatic carbocycles. The van der Waals surface area contributed by atoms with Gasteiger partial charge in [-0.1, -0.05) is 12.1 Å². The highest BCUT2D eigenvalue weighted by atomic mass is 15.3. The molecule has 2 aromatic rings. The van der Waals surface area contributed by atoms with E-state index in [0.717, 1.165) is 36.1 Å². The maximum absolute atomic E-state index is 4.74. The molecule has 0 radical (unpaired) electrons. The van der Waals surface area contributed by atoms with Crippen LogP contribution in [0.2, 0.25) is 0 Å². The van der Waals surface area contributed by atoms with Gasteiger partial charge in [-0.25, -0.2) is 4.98 Å². The van der Waals surface area contributed by atoms with Gasteiger partial charge < -0.3 is 9.88 Å². The van der Waals surface area contributed by atoms with E-state index in [-0.39, 0.29) is 0 Å². The molecule has 2 unspecified atom stereocenters. The zero-order valence-electron chi connectivity index (χ0n) is 11.3. The summed E-state index contributed by atoms with van der Waals surface area (Å²) in [4.78, 5) is 13.2. The van der Waals surface area contributed by atoms with Gasteiger partial charge in [-0.3, -0.25) is 4.90 Å². The lowest BCUT2D eigenvalue weighted by Gasteiger charge is -2.25. The van der Waals surface area contributed by atoms with Crippen LogP contribution < -0.4 is 4.90 Å². The Kier molecular flexibility index (Phi) is 2.52. The highest BCUT2D eigenvalue weighted by molar-refractivity contribution is 5.77. The number of H-pyrrole nitrogens is 1. The first-order chi connectivity index (χ1) is 9.31. The maximum atomic E-state index is 4.74. The number of anilines is 1. The Morgan fingerprint density at radius 3 is 2.89 bits per heavy atom. The van der Waals surface area contributed by atoms with Crippen molar-refractivity contribution >= 4 is 17.0 Å². The van der Waals surface area contributed by atoms with Crippen molar-refractivity contribution in [3.63, 3.8) is 0 Å². The first kappa shape index (κ1) is 11.3. The highest BCUT2D eigenvalue weighted by Crippen LogP contribution is 2.30. The van der Waals surface area contributed by atoms with Crippen LogP contribution in [0, 0.1) is 0 Å². The van der Waals surface area contributed by atoms with E-state index in [0.29, 0.717) is 6.04 Å². The number of benzene rings is 1. The number of nitrogens with one attached hydrogen (secondary N) is 1. The van der Waals surface area contributed by atoms with Crippen LogP contribution in [0.4, 0.5) is 5.95 Å². The van der Waals surface area contributed by atoms with E-state index in [9.17, 15) is 0 Å². The molecule has 3 heterocycles. The van der Waals surface area contributed by atoms with E-state index < -0.39 is 0 Å². The minimum Gasteiger partial charge on any atom is -0.341 e. The fraction of sp³-hybridized carbons (Fsp3) is 0.533. The quantitative estimate of drug-likeness (QED) is 0.850. The van der Waals surface area contributed by atoms with Gasteiger partial charge in [0, 0.05) is 25.2 Å². The van der Waals surface area contributed by atoms with Crippen LogP contribution >= 0.6 is 0 Å². The van der Waals surface area contributed by atoms with Gasteiger partial charge in [0.05, 0.1) is 11.0 Å². The predicted octanol–water partition coefficient (Wildman–Crippen LogP) is 2.24. The summed E-state index contributed by atoms with van der Waals surface area (Å²) >= 11 is 0. The van der Waals surface area contributed by atoms with Crippen LogP contribution in [0.3, 0.4) is 0 Å². The Morgan fingerprint density at radius 2 is 2.00 bits per heavy atom. The molecule has 0 spiro atoms. The Bertz CT molecular complexity index is 558. The van der Waals surface area contributed by atoms with Crippen LogP contribution in [0.15, 0.2) is 24.3 Å². The van der Waals surface area contributed by atoms with Crippen LogP contribution in [-0.2, 0) is 0 Å². The monoisotopic (exact) mass is 256 g/mol. The summed E-state index contributed by atoms with van der Waals surface area (Å²) in [5, 5.41) is 0. The molecular weight excluding hydrogens is 236 g/mol. The number of rotatable bonds is 1. The van der Waals surface area contributed by atoms with Crippen molar-refractivity contribution in [2.24, 2.45) is 0 Å². The summed E-state index contributed by atoms with van der Waals surface area (Å²) in [5.41, 5.74) is 2.21. The number of hydrogen-bond donors (Lipinski definition) is 1. The average molecular weight is 256 g/mol.